The highest BCUT2D eigenvalue weighted by molar-refractivity contribution is 8.07. The molecule has 1 aliphatic carbocycles. The van der Waals surface area contributed by atoms with Gasteiger partial charge in [0.15, 0.2) is 0 Å². The van der Waals surface area contributed by atoms with Crippen molar-refractivity contribution in [1.29, 1.82) is 5.41 Å². The molecular formula is C24H23F3N6OS. The third-order valence-electron chi connectivity index (χ3n) is 6.33. The first kappa shape index (κ1) is 23.4. The molecular weight excluding hydrogens is 477 g/mol. The van der Waals surface area contributed by atoms with Gasteiger partial charge in [0, 0.05) is 24.7 Å². The van der Waals surface area contributed by atoms with E-state index >= 15 is 0 Å². The molecule has 2 aliphatic rings. The van der Waals surface area contributed by atoms with Crippen molar-refractivity contribution in [2.24, 2.45) is 12.0 Å². The predicted molar refractivity (Wildman–Crippen MR) is 125 cm³/mol. The van der Waals surface area contributed by atoms with Gasteiger partial charge in [-0.05, 0) is 43.0 Å². The van der Waals surface area contributed by atoms with Crippen LogP contribution < -0.4 is 27.2 Å². The van der Waals surface area contributed by atoms with Gasteiger partial charge in [-0.1, -0.05) is 36.0 Å². The number of nitrogens with one attached hydrogen (secondary N) is 2. The van der Waals surface area contributed by atoms with E-state index in [2.05, 4.69) is 10.3 Å². The first-order chi connectivity index (χ1) is 16.7. The highest BCUT2D eigenvalue weighted by Crippen LogP contribution is 2.32. The molecule has 2 aromatic heterocycles. The Morgan fingerprint density at radius 1 is 1.20 bits per heavy atom. The molecule has 3 aromatic rings. The number of hydrogen-bond donors (Lipinski definition) is 2. The van der Waals surface area contributed by atoms with Gasteiger partial charge in [0.05, 0.1) is 17.1 Å². The smallest absolute Gasteiger partial charge is 0.375 e. The van der Waals surface area contributed by atoms with E-state index in [1.165, 1.54) is 28.6 Å². The fourth-order valence-electron chi connectivity index (χ4n) is 4.59. The molecule has 0 radical (unpaired) electrons. The molecule has 2 unspecified atom stereocenters. The largest absolute Gasteiger partial charge is 0.433 e. The molecule has 2 atom stereocenters. The van der Waals surface area contributed by atoms with Crippen LogP contribution >= 0.6 is 11.8 Å². The number of fused-ring (bicyclic) bond motifs is 3. The van der Waals surface area contributed by atoms with E-state index < -0.39 is 11.9 Å². The van der Waals surface area contributed by atoms with E-state index in [9.17, 15) is 18.0 Å². The molecule has 3 heterocycles. The van der Waals surface area contributed by atoms with Gasteiger partial charge in [-0.15, -0.1) is 0 Å². The van der Waals surface area contributed by atoms with Crippen LogP contribution in [-0.2, 0) is 19.8 Å². The minimum absolute atomic E-state index is 0.0603. The minimum Gasteiger partial charge on any atom is -0.375 e. The molecule has 1 fully saturated rings. The Balaban J connectivity index is 1.60. The number of halogens is 3. The Hall–Kier alpha value is -3.34. The van der Waals surface area contributed by atoms with Crippen LogP contribution in [-0.4, -0.2) is 20.2 Å². The van der Waals surface area contributed by atoms with Gasteiger partial charge in [-0.2, -0.15) is 13.2 Å². The van der Waals surface area contributed by atoms with Crippen LogP contribution in [0.3, 0.4) is 0 Å². The van der Waals surface area contributed by atoms with E-state index in [-0.39, 0.29) is 34.9 Å². The zero-order valence-corrected chi connectivity index (χ0v) is 19.7. The maximum atomic E-state index is 13.4. The Labute approximate surface area is 202 Å². The van der Waals surface area contributed by atoms with Crippen molar-refractivity contribution in [3.05, 3.63) is 86.6 Å². The van der Waals surface area contributed by atoms with Crippen molar-refractivity contribution in [3.8, 4) is 0 Å². The molecule has 1 aliphatic heterocycles. The average Bonchev–Trinajstić information content (AvgIpc) is 3.43. The topological polar surface area (TPSA) is 88.1 Å². The van der Waals surface area contributed by atoms with Gasteiger partial charge in [0.2, 0.25) is 5.62 Å². The summed E-state index contributed by atoms with van der Waals surface area (Å²) >= 11 is 1.30. The van der Waals surface area contributed by atoms with Crippen LogP contribution in [0.15, 0.2) is 63.3 Å². The highest BCUT2D eigenvalue weighted by atomic mass is 32.2. The lowest BCUT2D eigenvalue weighted by Crippen LogP contribution is -2.58. The monoisotopic (exact) mass is 500 g/mol. The van der Waals surface area contributed by atoms with Crippen molar-refractivity contribution in [2.75, 3.05) is 0 Å². The molecule has 1 saturated carbocycles. The van der Waals surface area contributed by atoms with E-state index in [4.69, 9.17) is 10.4 Å². The summed E-state index contributed by atoms with van der Waals surface area (Å²) in [5.41, 5.74) is -0.183. The molecule has 0 saturated heterocycles. The van der Waals surface area contributed by atoms with Crippen molar-refractivity contribution in [1.82, 2.24) is 19.4 Å². The summed E-state index contributed by atoms with van der Waals surface area (Å²) in [5.74, 6) is 0. The standard InChI is InChI=1S/C24H23F3N6OS/c1-32-22(34)19(20(28)33-17-9-5-8-16(17)31-23(32)33)21(35-15-6-3-2-4-7-15)30-13-14-10-11-18(29-12-14)24(25,26)27/h2-4,6-7,10-12,16-17,28,30H,5,8-9,13H2,1H3. The number of alkyl halides is 3. The maximum Gasteiger partial charge on any atom is 0.433 e. The second-order valence-corrected chi connectivity index (χ2v) is 9.68. The summed E-state index contributed by atoms with van der Waals surface area (Å²) in [7, 11) is 1.66. The summed E-state index contributed by atoms with van der Waals surface area (Å²) in [6, 6.07) is 11.8. The second kappa shape index (κ2) is 9.03. The molecule has 0 spiro atoms. The Bertz CT molecular complexity index is 1500. The number of nitrogens with zero attached hydrogens (tertiary/aromatic N) is 4. The number of pyridine rings is 1. The van der Waals surface area contributed by atoms with Gasteiger partial charge in [0.1, 0.15) is 16.4 Å². The van der Waals surface area contributed by atoms with Crippen molar-refractivity contribution >= 4 is 16.8 Å². The fraction of sp³-hybridized carbons (Fsp3) is 0.333. The van der Waals surface area contributed by atoms with Crippen LogP contribution in [0.2, 0.25) is 0 Å². The Kier molecular flexibility index (Phi) is 6.04. The van der Waals surface area contributed by atoms with E-state index in [0.717, 1.165) is 30.2 Å². The third-order valence-corrected chi connectivity index (χ3v) is 7.39. The fourth-order valence-corrected chi connectivity index (χ4v) is 5.55. The van der Waals surface area contributed by atoms with Crippen LogP contribution in [0, 0.1) is 5.41 Å². The predicted octanol–water partition coefficient (Wildman–Crippen LogP) is 2.45. The molecule has 11 heteroatoms. The second-order valence-electron chi connectivity index (χ2n) is 8.60. The maximum absolute atomic E-state index is 13.4. The van der Waals surface area contributed by atoms with E-state index in [0.29, 0.717) is 16.2 Å². The lowest BCUT2D eigenvalue weighted by Gasteiger charge is -2.16. The van der Waals surface area contributed by atoms with Crippen LogP contribution in [0.1, 0.15) is 36.6 Å². The molecule has 0 amide bonds. The number of benzene rings is 1. The first-order valence-corrected chi connectivity index (χ1v) is 12.0. The van der Waals surface area contributed by atoms with Crippen molar-refractivity contribution in [3.63, 3.8) is 0 Å². The zero-order valence-electron chi connectivity index (χ0n) is 18.8. The van der Waals surface area contributed by atoms with Crippen LogP contribution in [0.5, 0.6) is 0 Å². The van der Waals surface area contributed by atoms with Gasteiger partial charge in [-0.3, -0.25) is 24.3 Å². The van der Waals surface area contributed by atoms with E-state index in [1.54, 1.807) is 7.05 Å². The molecule has 182 valence electrons. The molecule has 2 N–H and O–H groups in total. The van der Waals surface area contributed by atoms with Gasteiger partial charge in [0.25, 0.3) is 5.56 Å². The molecule has 5 rings (SSSR count). The van der Waals surface area contributed by atoms with Crippen LogP contribution in [0.4, 0.5) is 13.2 Å². The summed E-state index contributed by atoms with van der Waals surface area (Å²) in [6.07, 6.45) is -0.480. The molecule has 0 bridgehead atoms. The molecule has 1 aromatic carbocycles. The quantitative estimate of drug-likeness (QED) is 0.527. The van der Waals surface area contributed by atoms with Gasteiger partial charge in [-0.25, -0.2) is 4.99 Å². The van der Waals surface area contributed by atoms with Gasteiger partial charge >= 0.3 is 6.18 Å². The molecule has 7 nitrogen and oxygen atoms in total. The summed E-state index contributed by atoms with van der Waals surface area (Å²) in [4.78, 5) is 22.5. The highest BCUT2D eigenvalue weighted by Gasteiger charge is 2.35. The number of aromatic nitrogens is 3. The zero-order chi connectivity index (χ0) is 24.7. The molecule has 35 heavy (non-hydrogen) atoms. The lowest BCUT2D eigenvalue weighted by molar-refractivity contribution is -0.141. The normalized spacial score (nSPS) is 19.7. The van der Waals surface area contributed by atoms with E-state index in [1.807, 2.05) is 34.9 Å². The first-order valence-electron chi connectivity index (χ1n) is 11.2. The Morgan fingerprint density at radius 2 is 1.97 bits per heavy atom. The average molecular weight is 501 g/mol. The minimum atomic E-state index is -4.51. The SMILES string of the molecule is Cn1c(=O)c(=C(NCc2ccc(C(F)(F)F)nc2)Sc2ccccc2)c(=N)n2c1=NC1CCCC12. The van der Waals surface area contributed by atoms with Crippen LogP contribution in [0.25, 0.3) is 5.03 Å². The van der Waals surface area contributed by atoms with Crippen molar-refractivity contribution in [2.45, 2.75) is 49.0 Å². The summed E-state index contributed by atoms with van der Waals surface area (Å²) in [6.45, 7) is 0.140. The van der Waals surface area contributed by atoms with Gasteiger partial charge < -0.3 is 5.32 Å². The lowest BCUT2D eigenvalue weighted by atomic mass is 10.2. The number of rotatable bonds is 5. The third kappa shape index (κ3) is 4.40. The van der Waals surface area contributed by atoms with Crippen molar-refractivity contribution < 1.29 is 13.2 Å². The summed E-state index contributed by atoms with van der Waals surface area (Å²) in [5, 5.41) is 12.8. The number of thioether (sulfide) groups is 1. The Morgan fingerprint density at radius 3 is 2.66 bits per heavy atom. The number of hydrogen-bond acceptors (Lipinski definition) is 6. The summed E-state index contributed by atoms with van der Waals surface area (Å²) < 4.78 is 42.0.